The molecule has 1 aromatic carbocycles. The highest BCUT2D eigenvalue weighted by Crippen LogP contribution is 2.34. The fourth-order valence-electron chi connectivity index (χ4n) is 2.96. The summed E-state index contributed by atoms with van der Waals surface area (Å²) in [5, 5.41) is 12.3. The van der Waals surface area contributed by atoms with Gasteiger partial charge in [0.1, 0.15) is 11.4 Å². The quantitative estimate of drug-likeness (QED) is 0.900. The summed E-state index contributed by atoms with van der Waals surface area (Å²) >= 11 is 0. The Morgan fingerprint density at radius 2 is 2.10 bits per heavy atom. The van der Waals surface area contributed by atoms with Crippen LogP contribution in [0.5, 0.6) is 0 Å². The van der Waals surface area contributed by atoms with Crippen LogP contribution in [0, 0.1) is 18.7 Å². The molecule has 0 bridgehead atoms. The van der Waals surface area contributed by atoms with E-state index in [2.05, 4.69) is 5.32 Å². The van der Waals surface area contributed by atoms with Crippen LogP contribution in [0.15, 0.2) is 18.2 Å². The summed E-state index contributed by atoms with van der Waals surface area (Å²) in [4.78, 5) is 24.0. The number of carboxylic acid groups (broad SMARTS) is 1. The van der Waals surface area contributed by atoms with Crippen molar-refractivity contribution in [2.75, 3.05) is 0 Å². The standard InChI is InChI=1S/C16H20FNO3/c1-10-9-12(6-7-13(10)17)14(19)18-16(15(20)21)8-4-3-5-11(16)2/h6-7,9,11H,3-5,8H2,1-2H3,(H,18,19)(H,20,21). The molecule has 2 unspecified atom stereocenters. The molecule has 0 radical (unpaired) electrons. The van der Waals surface area contributed by atoms with Crippen LogP contribution in [0.1, 0.15) is 48.5 Å². The first kappa shape index (κ1) is 15.5. The van der Waals surface area contributed by atoms with Crippen molar-refractivity contribution in [1.29, 1.82) is 0 Å². The molecule has 0 spiro atoms. The number of hydrogen-bond acceptors (Lipinski definition) is 2. The van der Waals surface area contributed by atoms with Gasteiger partial charge in [0.2, 0.25) is 0 Å². The van der Waals surface area contributed by atoms with Gasteiger partial charge in [-0.1, -0.05) is 19.8 Å². The van der Waals surface area contributed by atoms with Crippen molar-refractivity contribution in [2.45, 2.75) is 45.1 Å². The summed E-state index contributed by atoms with van der Waals surface area (Å²) in [6.45, 7) is 3.42. The Morgan fingerprint density at radius 1 is 1.38 bits per heavy atom. The molecular formula is C16H20FNO3. The monoisotopic (exact) mass is 293 g/mol. The lowest BCUT2D eigenvalue weighted by Crippen LogP contribution is -2.60. The number of hydrogen-bond donors (Lipinski definition) is 2. The summed E-state index contributed by atoms with van der Waals surface area (Å²) in [5.41, 5.74) is -0.575. The van der Waals surface area contributed by atoms with Crippen LogP contribution >= 0.6 is 0 Å². The van der Waals surface area contributed by atoms with E-state index in [1.165, 1.54) is 18.2 Å². The third-order valence-electron chi connectivity index (χ3n) is 4.44. The molecule has 2 N–H and O–H groups in total. The summed E-state index contributed by atoms with van der Waals surface area (Å²) in [7, 11) is 0. The van der Waals surface area contributed by atoms with Gasteiger partial charge in [-0.3, -0.25) is 4.79 Å². The van der Waals surface area contributed by atoms with Gasteiger partial charge in [-0.05, 0) is 49.4 Å². The molecule has 1 amide bonds. The minimum atomic E-state index is -1.22. The molecule has 2 atom stereocenters. The van der Waals surface area contributed by atoms with Gasteiger partial charge in [0.05, 0.1) is 0 Å². The number of carbonyl (C=O) groups excluding carboxylic acids is 1. The molecule has 114 valence electrons. The molecule has 1 fully saturated rings. The van der Waals surface area contributed by atoms with Gasteiger partial charge >= 0.3 is 5.97 Å². The highest BCUT2D eigenvalue weighted by molar-refractivity contribution is 5.98. The summed E-state index contributed by atoms with van der Waals surface area (Å²) in [6.07, 6.45) is 2.95. The Labute approximate surface area is 123 Å². The predicted octanol–water partition coefficient (Wildman–Crippen LogP) is 2.90. The molecular weight excluding hydrogens is 273 g/mol. The van der Waals surface area contributed by atoms with E-state index < -0.39 is 17.4 Å². The first-order valence-electron chi connectivity index (χ1n) is 7.19. The highest BCUT2D eigenvalue weighted by Gasteiger charge is 2.46. The van der Waals surface area contributed by atoms with Crippen molar-refractivity contribution in [2.24, 2.45) is 5.92 Å². The van der Waals surface area contributed by atoms with Crippen LogP contribution in [0.2, 0.25) is 0 Å². The normalized spacial score (nSPS) is 25.4. The van der Waals surface area contributed by atoms with E-state index in [0.29, 0.717) is 12.0 Å². The van der Waals surface area contributed by atoms with Gasteiger partial charge in [0.25, 0.3) is 5.91 Å². The molecule has 5 heteroatoms. The topological polar surface area (TPSA) is 66.4 Å². The third kappa shape index (κ3) is 2.91. The number of benzene rings is 1. The zero-order valence-corrected chi connectivity index (χ0v) is 12.3. The van der Waals surface area contributed by atoms with E-state index in [9.17, 15) is 19.1 Å². The zero-order chi connectivity index (χ0) is 15.6. The average Bonchev–Trinajstić information content (AvgIpc) is 2.44. The van der Waals surface area contributed by atoms with Gasteiger partial charge < -0.3 is 10.4 Å². The fourth-order valence-corrected chi connectivity index (χ4v) is 2.96. The summed E-state index contributed by atoms with van der Waals surface area (Å²) in [6, 6.07) is 4.04. The van der Waals surface area contributed by atoms with E-state index >= 15 is 0 Å². The van der Waals surface area contributed by atoms with Crippen LogP contribution in [0.3, 0.4) is 0 Å². The van der Waals surface area contributed by atoms with E-state index in [1.807, 2.05) is 6.92 Å². The maximum atomic E-state index is 13.3. The van der Waals surface area contributed by atoms with Crippen LogP contribution in [0.4, 0.5) is 4.39 Å². The molecule has 21 heavy (non-hydrogen) atoms. The van der Waals surface area contributed by atoms with Gasteiger partial charge in [-0.25, -0.2) is 9.18 Å². The maximum Gasteiger partial charge on any atom is 0.329 e. The second-order valence-corrected chi connectivity index (χ2v) is 5.84. The minimum Gasteiger partial charge on any atom is -0.479 e. The number of amides is 1. The van der Waals surface area contributed by atoms with Gasteiger partial charge in [0, 0.05) is 5.56 Å². The van der Waals surface area contributed by atoms with Crippen molar-refractivity contribution < 1.29 is 19.1 Å². The number of carboxylic acids is 1. The number of nitrogens with one attached hydrogen (secondary N) is 1. The smallest absolute Gasteiger partial charge is 0.329 e. The molecule has 4 nitrogen and oxygen atoms in total. The van der Waals surface area contributed by atoms with Gasteiger partial charge in [-0.15, -0.1) is 0 Å². The Morgan fingerprint density at radius 3 is 2.67 bits per heavy atom. The van der Waals surface area contributed by atoms with E-state index in [0.717, 1.165) is 19.3 Å². The Kier molecular flexibility index (Phi) is 4.30. The Balaban J connectivity index is 2.26. The van der Waals surface area contributed by atoms with Crippen molar-refractivity contribution in [3.63, 3.8) is 0 Å². The number of aliphatic carboxylic acids is 1. The van der Waals surface area contributed by atoms with Crippen molar-refractivity contribution >= 4 is 11.9 Å². The molecule has 0 heterocycles. The second-order valence-electron chi connectivity index (χ2n) is 5.84. The van der Waals surface area contributed by atoms with Gasteiger partial charge in [-0.2, -0.15) is 0 Å². The second kappa shape index (κ2) is 5.84. The number of aryl methyl sites for hydroxylation is 1. The van der Waals surface area contributed by atoms with Crippen LogP contribution < -0.4 is 5.32 Å². The molecule has 1 aromatic rings. The molecule has 1 saturated carbocycles. The molecule has 0 aromatic heterocycles. The minimum absolute atomic E-state index is 0.130. The first-order chi connectivity index (χ1) is 9.86. The molecule has 0 saturated heterocycles. The lowest BCUT2D eigenvalue weighted by atomic mass is 9.73. The number of carbonyl (C=O) groups is 2. The largest absolute Gasteiger partial charge is 0.479 e. The average molecular weight is 293 g/mol. The SMILES string of the molecule is Cc1cc(C(=O)NC2(C(=O)O)CCCCC2C)ccc1F. The van der Waals surface area contributed by atoms with Crippen molar-refractivity contribution in [3.8, 4) is 0 Å². The molecule has 0 aliphatic heterocycles. The summed E-state index contributed by atoms with van der Waals surface area (Å²) in [5.74, 6) is -1.98. The Bertz CT molecular complexity index is 573. The zero-order valence-electron chi connectivity index (χ0n) is 12.3. The van der Waals surface area contributed by atoms with Gasteiger partial charge in [0.15, 0.2) is 0 Å². The predicted molar refractivity (Wildman–Crippen MR) is 76.6 cm³/mol. The first-order valence-corrected chi connectivity index (χ1v) is 7.19. The van der Waals surface area contributed by atoms with Crippen molar-refractivity contribution in [3.05, 3.63) is 35.1 Å². The number of rotatable bonds is 3. The highest BCUT2D eigenvalue weighted by atomic mass is 19.1. The van der Waals surface area contributed by atoms with Crippen LogP contribution in [-0.4, -0.2) is 22.5 Å². The lowest BCUT2D eigenvalue weighted by Gasteiger charge is -2.39. The molecule has 1 aliphatic rings. The van der Waals surface area contributed by atoms with Crippen LogP contribution in [0.25, 0.3) is 0 Å². The maximum absolute atomic E-state index is 13.3. The molecule has 1 aliphatic carbocycles. The molecule has 2 rings (SSSR count). The third-order valence-corrected chi connectivity index (χ3v) is 4.44. The summed E-state index contributed by atoms with van der Waals surface area (Å²) < 4.78 is 13.3. The van der Waals surface area contributed by atoms with Crippen molar-refractivity contribution in [1.82, 2.24) is 5.32 Å². The van der Waals surface area contributed by atoms with E-state index in [4.69, 9.17) is 0 Å². The number of halogens is 1. The van der Waals surface area contributed by atoms with E-state index in [1.54, 1.807) is 6.92 Å². The van der Waals surface area contributed by atoms with Crippen LogP contribution in [-0.2, 0) is 4.79 Å². The van der Waals surface area contributed by atoms with E-state index in [-0.39, 0.29) is 17.3 Å². The Hall–Kier alpha value is -1.91. The lowest BCUT2D eigenvalue weighted by molar-refractivity contribution is -0.148. The fraction of sp³-hybridized carbons (Fsp3) is 0.500.